The highest BCUT2D eigenvalue weighted by atomic mass is 16.7. The molecular formula is C8H14NO3. The highest BCUT2D eigenvalue weighted by Gasteiger charge is 2.39. The van der Waals surface area contributed by atoms with Gasteiger partial charge in [0.1, 0.15) is 6.29 Å². The Morgan fingerprint density at radius 3 is 2.17 bits per heavy atom. The number of aldehydes is 1. The Morgan fingerprint density at radius 2 is 1.83 bits per heavy atom. The van der Waals surface area contributed by atoms with Crippen LogP contribution in [-0.2, 0) is 14.3 Å². The SMILES string of the molecule is CC1(C)OCC([CH]N)(C=O)CO1. The molecule has 0 spiro atoms. The zero-order valence-electron chi connectivity index (χ0n) is 7.37. The summed E-state index contributed by atoms with van der Waals surface area (Å²) in [6.07, 6.45) is 0.766. The normalized spacial score (nSPS) is 26.6. The quantitative estimate of drug-likeness (QED) is 0.599. The van der Waals surface area contributed by atoms with Crippen LogP contribution in [0.1, 0.15) is 13.8 Å². The molecule has 1 heterocycles. The lowest BCUT2D eigenvalue weighted by molar-refractivity contribution is -0.272. The smallest absolute Gasteiger partial charge is 0.162 e. The van der Waals surface area contributed by atoms with E-state index < -0.39 is 11.2 Å². The first-order chi connectivity index (χ1) is 5.54. The lowest BCUT2D eigenvalue weighted by Crippen LogP contribution is -2.48. The summed E-state index contributed by atoms with van der Waals surface area (Å²) in [6, 6.07) is 0. The molecule has 2 N–H and O–H groups in total. The minimum absolute atomic E-state index is 0.292. The third kappa shape index (κ3) is 1.83. The van der Waals surface area contributed by atoms with Crippen molar-refractivity contribution in [1.29, 1.82) is 0 Å². The average Bonchev–Trinajstić information content (AvgIpc) is 2.06. The van der Waals surface area contributed by atoms with Crippen molar-refractivity contribution in [3.8, 4) is 0 Å². The van der Waals surface area contributed by atoms with Crippen LogP contribution < -0.4 is 5.73 Å². The first-order valence-corrected chi connectivity index (χ1v) is 3.84. The van der Waals surface area contributed by atoms with Crippen LogP contribution in [-0.4, -0.2) is 25.3 Å². The predicted octanol–water partition coefficient (Wildman–Crippen LogP) is 0.0751. The summed E-state index contributed by atoms with van der Waals surface area (Å²) in [7, 11) is 0. The van der Waals surface area contributed by atoms with Gasteiger partial charge in [0.15, 0.2) is 5.79 Å². The number of carbonyl (C=O) groups excluding carboxylic acids is 1. The molecule has 69 valence electrons. The third-order valence-electron chi connectivity index (χ3n) is 1.94. The minimum Gasteiger partial charge on any atom is -0.349 e. The molecule has 1 aliphatic rings. The lowest BCUT2D eigenvalue weighted by Gasteiger charge is -2.39. The van der Waals surface area contributed by atoms with Gasteiger partial charge in [-0.2, -0.15) is 0 Å². The van der Waals surface area contributed by atoms with E-state index in [0.29, 0.717) is 13.2 Å². The van der Waals surface area contributed by atoms with Crippen molar-refractivity contribution < 1.29 is 14.3 Å². The number of hydrogen-bond acceptors (Lipinski definition) is 4. The number of hydrogen-bond donors (Lipinski definition) is 1. The molecule has 0 saturated carbocycles. The maximum atomic E-state index is 10.7. The number of ether oxygens (including phenoxy) is 2. The highest BCUT2D eigenvalue weighted by molar-refractivity contribution is 5.62. The Hall–Kier alpha value is -0.450. The summed E-state index contributed by atoms with van der Waals surface area (Å²) in [5, 5.41) is 0. The fourth-order valence-corrected chi connectivity index (χ4v) is 0.903. The molecule has 1 saturated heterocycles. The van der Waals surface area contributed by atoms with Gasteiger partial charge in [-0.05, 0) is 13.8 Å². The number of rotatable bonds is 2. The summed E-state index contributed by atoms with van der Waals surface area (Å²) in [6.45, 7) is 5.52. The molecule has 1 fully saturated rings. The van der Waals surface area contributed by atoms with Crippen LogP contribution in [0.4, 0.5) is 0 Å². The average molecular weight is 172 g/mol. The molecule has 12 heavy (non-hydrogen) atoms. The topological polar surface area (TPSA) is 61.5 Å². The van der Waals surface area contributed by atoms with Crippen molar-refractivity contribution in [3.63, 3.8) is 0 Å². The molecule has 0 aromatic carbocycles. The second-order valence-electron chi connectivity index (χ2n) is 3.49. The molecule has 4 nitrogen and oxygen atoms in total. The van der Waals surface area contributed by atoms with Crippen molar-refractivity contribution >= 4 is 6.29 Å². The molecule has 4 heteroatoms. The van der Waals surface area contributed by atoms with Crippen molar-refractivity contribution in [2.24, 2.45) is 11.1 Å². The van der Waals surface area contributed by atoms with Gasteiger partial charge in [0.25, 0.3) is 0 Å². The second-order valence-corrected chi connectivity index (χ2v) is 3.49. The molecule has 0 bridgehead atoms. The van der Waals surface area contributed by atoms with Gasteiger partial charge in [-0.25, -0.2) is 0 Å². The maximum Gasteiger partial charge on any atom is 0.162 e. The Labute approximate surface area is 72.0 Å². The molecule has 1 radical (unpaired) electrons. The number of carbonyl (C=O) groups is 1. The molecule has 0 amide bonds. The Morgan fingerprint density at radius 1 is 1.33 bits per heavy atom. The lowest BCUT2D eigenvalue weighted by atomic mass is 9.91. The van der Waals surface area contributed by atoms with E-state index in [2.05, 4.69) is 0 Å². The van der Waals surface area contributed by atoms with Crippen LogP contribution in [0.15, 0.2) is 0 Å². The Bertz CT molecular complexity index is 169. The van der Waals surface area contributed by atoms with Crippen LogP contribution in [0, 0.1) is 12.0 Å². The zero-order valence-corrected chi connectivity index (χ0v) is 7.37. The minimum atomic E-state index is -0.754. The highest BCUT2D eigenvalue weighted by Crippen LogP contribution is 2.28. The van der Waals surface area contributed by atoms with Crippen molar-refractivity contribution in [2.75, 3.05) is 13.2 Å². The third-order valence-corrected chi connectivity index (χ3v) is 1.94. The van der Waals surface area contributed by atoms with Crippen molar-refractivity contribution in [1.82, 2.24) is 0 Å². The first-order valence-electron chi connectivity index (χ1n) is 3.84. The van der Waals surface area contributed by atoms with Gasteiger partial charge in [-0.1, -0.05) is 0 Å². The van der Waals surface area contributed by atoms with Crippen LogP contribution >= 0.6 is 0 Å². The van der Waals surface area contributed by atoms with E-state index in [1.165, 1.54) is 6.54 Å². The molecule has 0 aromatic heterocycles. The van der Waals surface area contributed by atoms with E-state index >= 15 is 0 Å². The summed E-state index contributed by atoms with van der Waals surface area (Å²) in [5.74, 6) is -0.602. The summed E-state index contributed by atoms with van der Waals surface area (Å²) in [4.78, 5) is 10.7. The van der Waals surface area contributed by atoms with E-state index in [0.717, 1.165) is 6.29 Å². The monoisotopic (exact) mass is 172 g/mol. The van der Waals surface area contributed by atoms with Gasteiger partial charge in [0.2, 0.25) is 0 Å². The van der Waals surface area contributed by atoms with Gasteiger partial charge in [0.05, 0.1) is 18.6 Å². The summed E-state index contributed by atoms with van der Waals surface area (Å²) < 4.78 is 10.6. The van der Waals surface area contributed by atoms with Crippen LogP contribution in [0.5, 0.6) is 0 Å². The largest absolute Gasteiger partial charge is 0.349 e. The summed E-state index contributed by atoms with van der Waals surface area (Å²) >= 11 is 0. The van der Waals surface area contributed by atoms with Gasteiger partial charge < -0.3 is 20.0 Å². The van der Waals surface area contributed by atoms with Gasteiger partial charge in [-0.15, -0.1) is 0 Å². The molecular weight excluding hydrogens is 158 g/mol. The van der Waals surface area contributed by atoms with E-state index in [9.17, 15) is 4.79 Å². The second kappa shape index (κ2) is 3.12. The maximum absolute atomic E-state index is 10.7. The molecule has 0 aliphatic carbocycles. The van der Waals surface area contributed by atoms with E-state index in [1.807, 2.05) is 0 Å². The predicted molar refractivity (Wildman–Crippen MR) is 43.0 cm³/mol. The van der Waals surface area contributed by atoms with Gasteiger partial charge in [0, 0.05) is 6.54 Å². The molecule has 0 unspecified atom stereocenters. The van der Waals surface area contributed by atoms with E-state index in [-0.39, 0.29) is 0 Å². The van der Waals surface area contributed by atoms with E-state index in [1.54, 1.807) is 13.8 Å². The van der Waals surface area contributed by atoms with Crippen LogP contribution in [0.2, 0.25) is 0 Å². The Kier molecular flexibility index (Phi) is 2.51. The van der Waals surface area contributed by atoms with Crippen LogP contribution in [0.25, 0.3) is 0 Å². The van der Waals surface area contributed by atoms with Crippen molar-refractivity contribution in [2.45, 2.75) is 19.6 Å². The zero-order chi connectivity index (χ0) is 9.24. The standard InChI is InChI=1S/C8H14NO3/c1-7(2)11-5-8(3-9,4-10)6-12-7/h3-4H,5-6,9H2,1-2H3. The fraction of sp³-hybridized carbons (Fsp3) is 0.750. The van der Waals surface area contributed by atoms with Gasteiger partial charge >= 0.3 is 0 Å². The van der Waals surface area contributed by atoms with Gasteiger partial charge in [-0.3, -0.25) is 0 Å². The Balaban J connectivity index is 2.59. The molecule has 0 atom stereocenters. The molecule has 1 aliphatic heterocycles. The fourth-order valence-electron chi connectivity index (χ4n) is 0.903. The van der Waals surface area contributed by atoms with Crippen molar-refractivity contribution in [3.05, 3.63) is 6.54 Å². The summed E-state index contributed by atoms with van der Waals surface area (Å²) in [5.41, 5.74) is 4.57. The van der Waals surface area contributed by atoms with Crippen LogP contribution in [0.3, 0.4) is 0 Å². The molecule has 0 aromatic rings. The first kappa shape index (κ1) is 9.64. The van der Waals surface area contributed by atoms with E-state index in [4.69, 9.17) is 15.2 Å². The molecule has 1 rings (SSSR count). The number of nitrogens with two attached hydrogens (primary N) is 1.